The van der Waals surface area contributed by atoms with Gasteiger partial charge in [0.25, 0.3) is 0 Å². The van der Waals surface area contributed by atoms with Crippen LogP contribution >= 0.6 is 0 Å². The number of anilines is 1. The zero-order valence-electron chi connectivity index (χ0n) is 7.36. The standard InChI is InChI=1S/C8H12N2O2S/c1-2-6-13(12)10-8-7(11)4-3-5-9-8/h3-5,11H,2,6H2,1H3,(H,9,10). The highest BCUT2D eigenvalue weighted by atomic mass is 32.2. The van der Waals surface area contributed by atoms with Crippen molar-refractivity contribution < 1.29 is 9.32 Å². The molecule has 0 spiro atoms. The fraction of sp³-hybridized carbons (Fsp3) is 0.375. The topological polar surface area (TPSA) is 62.2 Å². The van der Waals surface area contributed by atoms with E-state index in [2.05, 4.69) is 9.71 Å². The highest BCUT2D eigenvalue weighted by Gasteiger charge is 2.03. The predicted octanol–water partition coefficient (Wildman–Crippen LogP) is 1.27. The Bertz CT molecular complexity index is 304. The smallest absolute Gasteiger partial charge is 0.180 e. The van der Waals surface area contributed by atoms with Crippen LogP contribution in [0, 0.1) is 0 Å². The summed E-state index contributed by atoms with van der Waals surface area (Å²) in [5.74, 6) is 0.844. The summed E-state index contributed by atoms with van der Waals surface area (Å²) >= 11 is 0. The first-order valence-electron chi connectivity index (χ1n) is 4.03. The first-order valence-corrected chi connectivity index (χ1v) is 5.35. The molecule has 0 aliphatic heterocycles. The van der Waals surface area contributed by atoms with Gasteiger partial charge in [0.05, 0.1) is 0 Å². The van der Waals surface area contributed by atoms with Crippen molar-refractivity contribution >= 4 is 16.8 Å². The molecule has 1 heterocycles. The fourth-order valence-electron chi connectivity index (χ4n) is 0.820. The molecule has 1 atom stereocenters. The van der Waals surface area contributed by atoms with Gasteiger partial charge in [-0.05, 0) is 18.6 Å². The molecule has 0 amide bonds. The van der Waals surface area contributed by atoms with E-state index in [0.29, 0.717) is 5.75 Å². The normalized spacial score (nSPS) is 12.4. The monoisotopic (exact) mass is 200 g/mol. The first-order chi connectivity index (χ1) is 6.24. The zero-order chi connectivity index (χ0) is 9.68. The molecule has 5 heteroatoms. The van der Waals surface area contributed by atoms with Gasteiger partial charge in [-0.2, -0.15) is 0 Å². The zero-order valence-corrected chi connectivity index (χ0v) is 8.17. The summed E-state index contributed by atoms with van der Waals surface area (Å²) in [6.45, 7) is 1.94. The Morgan fingerprint density at radius 3 is 3.08 bits per heavy atom. The highest BCUT2D eigenvalue weighted by molar-refractivity contribution is 7.86. The lowest BCUT2D eigenvalue weighted by molar-refractivity contribution is 0.476. The maximum absolute atomic E-state index is 11.2. The van der Waals surface area contributed by atoms with Gasteiger partial charge < -0.3 is 5.11 Å². The Balaban J connectivity index is 2.63. The quantitative estimate of drug-likeness (QED) is 0.769. The van der Waals surface area contributed by atoms with E-state index in [-0.39, 0.29) is 11.6 Å². The van der Waals surface area contributed by atoms with E-state index in [1.165, 1.54) is 12.3 Å². The number of hydrogen-bond acceptors (Lipinski definition) is 3. The van der Waals surface area contributed by atoms with Crippen molar-refractivity contribution in [2.24, 2.45) is 0 Å². The molecular formula is C8H12N2O2S. The largest absolute Gasteiger partial charge is 0.504 e. The first kappa shape index (κ1) is 9.98. The van der Waals surface area contributed by atoms with E-state index >= 15 is 0 Å². The molecule has 0 aliphatic rings. The number of nitrogens with zero attached hydrogens (tertiary/aromatic N) is 1. The van der Waals surface area contributed by atoms with Gasteiger partial charge in [-0.1, -0.05) is 6.92 Å². The van der Waals surface area contributed by atoms with Gasteiger partial charge in [0.1, 0.15) is 11.0 Å². The van der Waals surface area contributed by atoms with E-state index in [4.69, 9.17) is 0 Å². The molecule has 0 radical (unpaired) electrons. The maximum Gasteiger partial charge on any atom is 0.180 e. The Hall–Kier alpha value is -1.10. The Morgan fingerprint density at radius 2 is 2.46 bits per heavy atom. The molecule has 2 N–H and O–H groups in total. The van der Waals surface area contributed by atoms with Crippen molar-refractivity contribution in [2.75, 3.05) is 10.5 Å². The van der Waals surface area contributed by atoms with Crippen LogP contribution in [0.2, 0.25) is 0 Å². The van der Waals surface area contributed by atoms with E-state index < -0.39 is 11.0 Å². The summed E-state index contributed by atoms with van der Waals surface area (Å²) in [6, 6.07) is 3.11. The SMILES string of the molecule is CCCS(=O)Nc1ncccc1O. The highest BCUT2D eigenvalue weighted by Crippen LogP contribution is 2.18. The van der Waals surface area contributed by atoms with Gasteiger partial charge >= 0.3 is 0 Å². The van der Waals surface area contributed by atoms with Crippen LogP contribution in [-0.2, 0) is 11.0 Å². The Labute approximate surface area is 79.6 Å². The molecule has 13 heavy (non-hydrogen) atoms. The third-order valence-electron chi connectivity index (χ3n) is 1.39. The summed E-state index contributed by atoms with van der Waals surface area (Å²) in [7, 11) is -1.15. The molecule has 1 aromatic heterocycles. The van der Waals surface area contributed by atoms with Gasteiger partial charge in [0.2, 0.25) is 0 Å². The summed E-state index contributed by atoms with van der Waals surface area (Å²) in [6.07, 6.45) is 2.36. The average Bonchev–Trinajstić information content (AvgIpc) is 2.09. The van der Waals surface area contributed by atoms with Crippen LogP contribution in [0.3, 0.4) is 0 Å². The lowest BCUT2D eigenvalue weighted by atomic mass is 10.4. The lowest BCUT2D eigenvalue weighted by Crippen LogP contribution is -2.08. The van der Waals surface area contributed by atoms with E-state index in [1.807, 2.05) is 6.92 Å². The number of nitrogens with one attached hydrogen (secondary N) is 1. The Morgan fingerprint density at radius 1 is 1.69 bits per heavy atom. The van der Waals surface area contributed by atoms with Crippen LogP contribution < -0.4 is 4.72 Å². The molecule has 0 saturated carbocycles. The second-order valence-corrected chi connectivity index (χ2v) is 3.83. The molecule has 1 unspecified atom stereocenters. The molecule has 4 nitrogen and oxygen atoms in total. The van der Waals surface area contributed by atoms with Crippen molar-refractivity contribution in [1.29, 1.82) is 0 Å². The van der Waals surface area contributed by atoms with Crippen LogP contribution in [-0.4, -0.2) is 20.1 Å². The molecule has 0 aromatic carbocycles. The molecular weight excluding hydrogens is 188 g/mol. The molecule has 0 fully saturated rings. The van der Waals surface area contributed by atoms with Crippen LogP contribution in [0.15, 0.2) is 18.3 Å². The minimum Gasteiger partial charge on any atom is -0.504 e. The van der Waals surface area contributed by atoms with Gasteiger partial charge in [0.15, 0.2) is 11.6 Å². The minimum atomic E-state index is -1.15. The molecule has 1 aromatic rings. The van der Waals surface area contributed by atoms with Crippen molar-refractivity contribution in [2.45, 2.75) is 13.3 Å². The van der Waals surface area contributed by atoms with Crippen LogP contribution in [0.4, 0.5) is 5.82 Å². The van der Waals surface area contributed by atoms with Crippen molar-refractivity contribution in [3.63, 3.8) is 0 Å². The molecule has 0 bridgehead atoms. The number of aromatic nitrogens is 1. The molecule has 1 rings (SSSR count). The summed E-state index contributed by atoms with van der Waals surface area (Å²) < 4.78 is 13.8. The second kappa shape index (κ2) is 4.81. The van der Waals surface area contributed by atoms with E-state index in [9.17, 15) is 9.32 Å². The second-order valence-electron chi connectivity index (χ2n) is 2.52. The number of rotatable bonds is 4. The van der Waals surface area contributed by atoms with Crippen LogP contribution in [0.25, 0.3) is 0 Å². The molecule has 0 saturated heterocycles. The Kier molecular flexibility index (Phi) is 3.70. The van der Waals surface area contributed by atoms with Gasteiger partial charge in [-0.25, -0.2) is 9.19 Å². The van der Waals surface area contributed by atoms with Crippen molar-refractivity contribution in [1.82, 2.24) is 4.98 Å². The van der Waals surface area contributed by atoms with Crippen LogP contribution in [0.5, 0.6) is 5.75 Å². The van der Waals surface area contributed by atoms with E-state index in [1.54, 1.807) is 6.07 Å². The number of hydrogen-bond donors (Lipinski definition) is 2. The van der Waals surface area contributed by atoms with E-state index in [0.717, 1.165) is 6.42 Å². The summed E-state index contributed by atoms with van der Waals surface area (Å²) in [4.78, 5) is 3.85. The average molecular weight is 200 g/mol. The number of aromatic hydroxyl groups is 1. The summed E-state index contributed by atoms with van der Waals surface area (Å²) in [5.41, 5.74) is 0. The van der Waals surface area contributed by atoms with Gasteiger partial charge in [-0.15, -0.1) is 0 Å². The lowest BCUT2D eigenvalue weighted by Gasteiger charge is -2.04. The molecule has 0 aliphatic carbocycles. The van der Waals surface area contributed by atoms with Gasteiger partial charge in [0, 0.05) is 11.9 Å². The van der Waals surface area contributed by atoms with Gasteiger partial charge in [-0.3, -0.25) is 4.72 Å². The van der Waals surface area contributed by atoms with Crippen molar-refractivity contribution in [3.8, 4) is 5.75 Å². The summed E-state index contributed by atoms with van der Waals surface area (Å²) in [5, 5.41) is 9.27. The third-order valence-corrected chi connectivity index (χ3v) is 2.59. The predicted molar refractivity (Wildman–Crippen MR) is 52.8 cm³/mol. The molecule has 72 valence electrons. The fourth-order valence-corrected chi connectivity index (χ4v) is 1.67. The van der Waals surface area contributed by atoms with Crippen LogP contribution in [0.1, 0.15) is 13.3 Å². The number of pyridine rings is 1. The van der Waals surface area contributed by atoms with Crippen molar-refractivity contribution in [3.05, 3.63) is 18.3 Å². The third kappa shape index (κ3) is 3.02. The maximum atomic E-state index is 11.2. The minimum absolute atomic E-state index is 0.0203.